The van der Waals surface area contributed by atoms with E-state index in [1.165, 1.54) is 44.6 Å². The number of H-pyrrole nitrogens is 1. The monoisotopic (exact) mass is 362 g/mol. The van der Waals surface area contributed by atoms with Crippen molar-refractivity contribution in [2.45, 2.75) is 19.4 Å². The molecule has 0 saturated carbocycles. The van der Waals surface area contributed by atoms with Gasteiger partial charge in [-0.25, -0.2) is 0 Å². The quantitative estimate of drug-likeness (QED) is 0.878. The molecule has 4 heterocycles. The third kappa shape index (κ3) is 2.99. The van der Waals surface area contributed by atoms with Crippen molar-refractivity contribution in [3.8, 4) is 22.8 Å². The molecule has 2 aromatic rings. The van der Waals surface area contributed by atoms with Gasteiger partial charge >= 0.3 is 0 Å². The zero-order valence-electron chi connectivity index (χ0n) is 14.1. The van der Waals surface area contributed by atoms with Crippen molar-refractivity contribution in [2.75, 3.05) is 33.0 Å². The molecule has 3 aliphatic heterocycles. The number of likely N-dealkylation sites (tertiary alicyclic amines) is 1. The molecule has 2 N–H and O–H groups in total. The summed E-state index contributed by atoms with van der Waals surface area (Å²) in [6, 6.07) is 6.07. The molecule has 134 valence electrons. The maximum atomic E-state index is 5.50. The van der Waals surface area contributed by atoms with E-state index in [1.54, 1.807) is 0 Å². The van der Waals surface area contributed by atoms with Crippen LogP contribution in [0.2, 0.25) is 0 Å². The van der Waals surface area contributed by atoms with Crippen molar-refractivity contribution in [3.63, 3.8) is 0 Å². The van der Waals surface area contributed by atoms with Gasteiger partial charge in [-0.3, -0.25) is 10.00 Å². The lowest BCUT2D eigenvalue weighted by Crippen LogP contribution is -2.28. The number of halogens is 1. The minimum Gasteiger partial charge on any atom is -0.454 e. The van der Waals surface area contributed by atoms with E-state index < -0.39 is 0 Å². The average Bonchev–Trinajstić information content (AvgIpc) is 3.37. The molecular formula is C18H23ClN4O2. The van der Waals surface area contributed by atoms with Crippen LogP contribution in [0.5, 0.6) is 11.5 Å². The molecule has 0 radical (unpaired) electrons. The van der Waals surface area contributed by atoms with Gasteiger partial charge in [0.1, 0.15) is 0 Å². The summed E-state index contributed by atoms with van der Waals surface area (Å²) in [6.45, 7) is 5.95. The van der Waals surface area contributed by atoms with Gasteiger partial charge in [0.25, 0.3) is 0 Å². The first kappa shape index (κ1) is 16.7. The molecule has 0 bridgehead atoms. The molecule has 1 aromatic heterocycles. The van der Waals surface area contributed by atoms with Gasteiger partial charge in [-0.1, -0.05) is 0 Å². The van der Waals surface area contributed by atoms with Crippen LogP contribution in [0.3, 0.4) is 0 Å². The van der Waals surface area contributed by atoms with Gasteiger partial charge in [0.05, 0.1) is 11.9 Å². The second-order valence-corrected chi connectivity index (χ2v) is 7.23. The fraction of sp³-hybridized carbons (Fsp3) is 0.500. The highest BCUT2D eigenvalue weighted by Crippen LogP contribution is 2.38. The number of hydrogen-bond donors (Lipinski definition) is 2. The maximum Gasteiger partial charge on any atom is 0.231 e. The Morgan fingerprint density at radius 2 is 2.12 bits per heavy atom. The summed E-state index contributed by atoms with van der Waals surface area (Å²) in [7, 11) is 0. The number of nitrogens with zero attached hydrogens (tertiary/aromatic N) is 2. The summed E-state index contributed by atoms with van der Waals surface area (Å²) in [4.78, 5) is 2.56. The van der Waals surface area contributed by atoms with Crippen LogP contribution in [0.4, 0.5) is 0 Å². The van der Waals surface area contributed by atoms with Crippen LogP contribution < -0.4 is 14.8 Å². The third-order valence-electron chi connectivity index (χ3n) is 5.62. The average molecular weight is 363 g/mol. The molecular weight excluding hydrogens is 340 g/mol. The Morgan fingerprint density at radius 1 is 1.20 bits per heavy atom. The number of aromatic amines is 1. The van der Waals surface area contributed by atoms with E-state index in [1.807, 2.05) is 18.3 Å². The van der Waals surface area contributed by atoms with Crippen LogP contribution in [0, 0.1) is 5.41 Å². The Bertz CT molecular complexity index is 757. The Balaban J connectivity index is 0.00000157. The predicted octanol–water partition coefficient (Wildman–Crippen LogP) is 2.41. The summed E-state index contributed by atoms with van der Waals surface area (Å²) < 4.78 is 10.9. The summed E-state index contributed by atoms with van der Waals surface area (Å²) in [5.74, 6) is 1.63. The van der Waals surface area contributed by atoms with Crippen LogP contribution in [0.1, 0.15) is 18.4 Å². The van der Waals surface area contributed by atoms with E-state index in [-0.39, 0.29) is 12.4 Å². The Hall–Kier alpha value is -1.76. The molecule has 0 amide bonds. The second-order valence-electron chi connectivity index (χ2n) is 7.23. The summed E-state index contributed by atoms with van der Waals surface area (Å²) in [5, 5.41) is 11.0. The summed E-state index contributed by atoms with van der Waals surface area (Å²) in [6.07, 6.45) is 4.57. The van der Waals surface area contributed by atoms with Crippen LogP contribution in [0.15, 0.2) is 24.4 Å². The molecule has 6 nitrogen and oxygen atoms in total. The molecule has 7 heteroatoms. The number of nitrogens with one attached hydrogen (secondary N) is 2. The van der Waals surface area contributed by atoms with Gasteiger partial charge in [0.2, 0.25) is 6.79 Å². The summed E-state index contributed by atoms with van der Waals surface area (Å²) in [5.41, 5.74) is 3.93. The maximum absolute atomic E-state index is 5.50. The fourth-order valence-electron chi connectivity index (χ4n) is 4.28. The lowest BCUT2D eigenvalue weighted by atomic mass is 9.86. The molecule has 25 heavy (non-hydrogen) atoms. The Labute approximate surface area is 153 Å². The van der Waals surface area contributed by atoms with Crippen LogP contribution in [-0.4, -0.2) is 48.1 Å². The first-order chi connectivity index (χ1) is 11.8. The molecule has 1 atom stereocenters. The standard InChI is InChI=1S/C18H22N4O2.ClH/c1-2-15-16(24-12-23-15)7-13(1)17-14(8-20-21-17)9-22-6-4-18(11-22)3-5-19-10-18;/h1-2,7-8,19H,3-6,9-12H2,(H,20,21);1H. The van der Waals surface area contributed by atoms with Gasteiger partial charge in [0, 0.05) is 30.8 Å². The minimum atomic E-state index is 0. The number of benzene rings is 1. The zero-order valence-corrected chi connectivity index (χ0v) is 14.9. The van der Waals surface area contributed by atoms with E-state index in [2.05, 4.69) is 26.5 Å². The van der Waals surface area contributed by atoms with E-state index in [0.717, 1.165) is 29.3 Å². The molecule has 0 aliphatic carbocycles. The first-order valence-corrected chi connectivity index (χ1v) is 8.67. The van der Waals surface area contributed by atoms with E-state index in [0.29, 0.717) is 12.2 Å². The Morgan fingerprint density at radius 3 is 3.00 bits per heavy atom. The molecule has 5 rings (SSSR count). The van der Waals surface area contributed by atoms with Gasteiger partial charge < -0.3 is 14.8 Å². The third-order valence-corrected chi connectivity index (χ3v) is 5.62. The fourth-order valence-corrected chi connectivity index (χ4v) is 4.28. The SMILES string of the molecule is Cl.c1cc2c(cc1-c1[nH]ncc1CN1CCC3(CCNC3)C1)OCO2. The highest BCUT2D eigenvalue weighted by molar-refractivity contribution is 5.85. The Kier molecular flexibility index (Phi) is 4.35. The second kappa shape index (κ2) is 6.52. The number of fused-ring (bicyclic) bond motifs is 1. The minimum absolute atomic E-state index is 0. The van der Waals surface area contributed by atoms with Crippen molar-refractivity contribution >= 4 is 12.4 Å². The van der Waals surface area contributed by atoms with Gasteiger partial charge in [-0.15, -0.1) is 12.4 Å². The molecule has 1 unspecified atom stereocenters. The largest absolute Gasteiger partial charge is 0.454 e. The summed E-state index contributed by atoms with van der Waals surface area (Å²) >= 11 is 0. The number of ether oxygens (including phenoxy) is 2. The lowest BCUT2D eigenvalue weighted by molar-refractivity contribution is 0.174. The van der Waals surface area contributed by atoms with Crippen molar-refractivity contribution in [1.29, 1.82) is 0 Å². The van der Waals surface area contributed by atoms with Gasteiger partial charge in [0.15, 0.2) is 11.5 Å². The molecule has 2 saturated heterocycles. The predicted molar refractivity (Wildman–Crippen MR) is 97.2 cm³/mol. The molecule has 1 aromatic carbocycles. The van der Waals surface area contributed by atoms with Crippen LogP contribution >= 0.6 is 12.4 Å². The number of hydrogen-bond acceptors (Lipinski definition) is 5. The first-order valence-electron chi connectivity index (χ1n) is 8.67. The van der Waals surface area contributed by atoms with Crippen molar-refractivity contribution in [2.24, 2.45) is 5.41 Å². The molecule has 3 aliphatic rings. The zero-order chi connectivity index (χ0) is 16.0. The lowest BCUT2D eigenvalue weighted by Gasteiger charge is -2.22. The number of aromatic nitrogens is 2. The van der Waals surface area contributed by atoms with Crippen molar-refractivity contribution in [1.82, 2.24) is 20.4 Å². The highest BCUT2D eigenvalue weighted by atomic mass is 35.5. The smallest absolute Gasteiger partial charge is 0.231 e. The van der Waals surface area contributed by atoms with E-state index in [9.17, 15) is 0 Å². The topological polar surface area (TPSA) is 62.4 Å². The van der Waals surface area contributed by atoms with Crippen LogP contribution in [0.25, 0.3) is 11.3 Å². The van der Waals surface area contributed by atoms with Crippen molar-refractivity contribution in [3.05, 3.63) is 30.0 Å². The molecule has 1 spiro atoms. The highest BCUT2D eigenvalue weighted by Gasteiger charge is 2.40. The van der Waals surface area contributed by atoms with Crippen molar-refractivity contribution < 1.29 is 9.47 Å². The molecule has 2 fully saturated rings. The van der Waals surface area contributed by atoms with E-state index >= 15 is 0 Å². The van der Waals surface area contributed by atoms with Gasteiger partial charge in [-0.05, 0) is 49.5 Å². The van der Waals surface area contributed by atoms with E-state index in [4.69, 9.17) is 9.47 Å². The van der Waals surface area contributed by atoms with Crippen LogP contribution in [-0.2, 0) is 6.54 Å². The normalized spacial score (nSPS) is 24.8. The van der Waals surface area contributed by atoms with Gasteiger partial charge in [-0.2, -0.15) is 5.10 Å². The number of rotatable bonds is 3.